The summed E-state index contributed by atoms with van der Waals surface area (Å²) in [4.78, 5) is 12.3. The highest BCUT2D eigenvalue weighted by molar-refractivity contribution is 5.94. The van der Waals surface area contributed by atoms with Crippen LogP contribution in [0.15, 0.2) is 74.0 Å². The lowest BCUT2D eigenvalue weighted by molar-refractivity contribution is 1.09. The Morgan fingerprint density at radius 1 is 1.13 bits per heavy atom. The maximum atomic E-state index is 4.53. The number of aryl methyl sites for hydroxylation is 1. The molecular formula is C23H19N7. The molecule has 146 valence electrons. The van der Waals surface area contributed by atoms with Crippen molar-refractivity contribution in [1.82, 2.24) is 35.3 Å². The fourth-order valence-electron chi connectivity index (χ4n) is 3.62. The highest BCUT2D eigenvalue weighted by Gasteiger charge is 2.17. The quantitative estimate of drug-likeness (QED) is 0.378. The van der Waals surface area contributed by atoms with Crippen LogP contribution in [0.3, 0.4) is 0 Å². The third kappa shape index (κ3) is 3.02. The van der Waals surface area contributed by atoms with Crippen LogP contribution in [0.25, 0.3) is 39.1 Å². The number of allylic oxidation sites excluding steroid dienone is 2. The summed E-state index contributed by atoms with van der Waals surface area (Å²) in [7, 11) is 0. The molecule has 0 saturated heterocycles. The number of rotatable bonds is 5. The molecule has 3 N–H and O–H groups in total. The molecule has 0 bridgehead atoms. The van der Waals surface area contributed by atoms with Crippen LogP contribution in [0, 0.1) is 6.92 Å². The molecule has 5 aromatic rings. The van der Waals surface area contributed by atoms with E-state index in [4.69, 9.17) is 0 Å². The van der Waals surface area contributed by atoms with Gasteiger partial charge in [-0.1, -0.05) is 24.8 Å². The predicted molar refractivity (Wildman–Crippen MR) is 118 cm³/mol. The van der Waals surface area contributed by atoms with Crippen molar-refractivity contribution < 1.29 is 0 Å². The number of hydrogen-bond acceptors (Lipinski definition) is 4. The molecule has 7 nitrogen and oxygen atoms in total. The molecule has 0 spiro atoms. The van der Waals surface area contributed by atoms with Gasteiger partial charge in [0.25, 0.3) is 0 Å². The first-order valence-electron chi connectivity index (χ1n) is 9.51. The largest absolute Gasteiger partial charge is 0.357 e. The highest BCUT2D eigenvalue weighted by atomic mass is 15.2. The molecule has 5 rings (SSSR count). The Labute approximate surface area is 172 Å². The molecule has 0 unspecified atom stereocenters. The van der Waals surface area contributed by atoms with Gasteiger partial charge >= 0.3 is 0 Å². The predicted octanol–water partition coefficient (Wildman–Crippen LogP) is 4.66. The van der Waals surface area contributed by atoms with E-state index in [0.717, 1.165) is 55.9 Å². The van der Waals surface area contributed by atoms with Crippen LogP contribution < -0.4 is 0 Å². The van der Waals surface area contributed by atoms with Crippen LogP contribution in [0.5, 0.6) is 0 Å². The molecule has 0 atom stereocenters. The normalized spacial score (nSPS) is 11.8. The molecule has 5 heterocycles. The van der Waals surface area contributed by atoms with E-state index in [2.05, 4.69) is 61.0 Å². The Morgan fingerprint density at radius 2 is 2.07 bits per heavy atom. The van der Waals surface area contributed by atoms with Gasteiger partial charge in [-0.3, -0.25) is 15.2 Å². The molecule has 0 fully saturated rings. The minimum Gasteiger partial charge on any atom is -0.357 e. The third-order valence-corrected chi connectivity index (χ3v) is 5.07. The zero-order valence-electron chi connectivity index (χ0n) is 16.3. The Balaban J connectivity index is 1.62. The topological polar surface area (TPSA) is 98.9 Å². The van der Waals surface area contributed by atoms with E-state index in [1.54, 1.807) is 18.5 Å². The van der Waals surface area contributed by atoms with E-state index in [-0.39, 0.29) is 0 Å². The zero-order valence-corrected chi connectivity index (χ0v) is 16.3. The van der Waals surface area contributed by atoms with Crippen LogP contribution >= 0.6 is 0 Å². The summed E-state index contributed by atoms with van der Waals surface area (Å²) < 4.78 is 0. The van der Waals surface area contributed by atoms with E-state index < -0.39 is 0 Å². The molecule has 0 aromatic carbocycles. The molecule has 5 aromatic heterocycles. The van der Waals surface area contributed by atoms with Crippen molar-refractivity contribution in [3.05, 3.63) is 90.8 Å². The number of nitrogens with one attached hydrogen (secondary N) is 3. The van der Waals surface area contributed by atoms with Crippen LogP contribution in [-0.2, 0) is 0 Å². The van der Waals surface area contributed by atoms with Gasteiger partial charge in [0.15, 0.2) is 5.65 Å². The second-order valence-corrected chi connectivity index (χ2v) is 6.96. The van der Waals surface area contributed by atoms with Gasteiger partial charge in [0, 0.05) is 58.1 Å². The smallest absolute Gasteiger partial charge is 0.155 e. The molecule has 0 amide bonds. The highest BCUT2D eigenvalue weighted by Crippen LogP contribution is 2.33. The van der Waals surface area contributed by atoms with Crippen molar-refractivity contribution in [1.29, 1.82) is 0 Å². The molecule has 0 saturated carbocycles. The lowest BCUT2D eigenvalue weighted by Gasteiger charge is -2.06. The molecule has 30 heavy (non-hydrogen) atoms. The molecular weight excluding hydrogens is 374 g/mol. The average molecular weight is 393 g/mol. The molecule has 0 aliphatic rings. The SMILES string of the molecule is C=C/C=C(/c1cccnc1)c1cc(-c2n[nH]c3ncc(-c4cn[nH]c4)cc23)[nH]c1C. The number of pyridine rings is 2. The average Bonchev–Trinajstić information content (AvgIpc) is 3.52. The minimum absolute atomic E-state index is 0.736. The molecule has 7 heteroatoms. The second-order valence-electron chi connectivity index (χ2n) is 6.96. The van der Waals surface area contributed by atoms with Gasteiger partial charge in [0.2, 0.25) is 0 Å². The van der Waals surface area contributed by atoms with Crippen molar-refractivity contribution in [3.8, 4) is 22.5 Å². The molecule has 0 aliphatic heterocycles. The van der Waals surface area contributed by atoms with Gasteiger partial charge in [0.05, 0.1) is 11.9 Å². The van der Waals surface area contributed by atoms with Crippen molar-refractivity contribution in [2.75, 3.05) is 0 Å². The minimum atomic E-state index is 0.736. The summed E-state index contributed by atoms with van der Waals surface area (Å²) in [5.74, 6) is 0. The van der Waals surface area contributed by atoms with Crippen molar-refractivity contribution in [3.63, 3.8) is 0 Å². The van der Waals surface area contributed by atoms with E-state index in [9.17, 15) is 0 Å². The molecule has 0 aliphatic carbocycles. The summed E-state index contributed by atoms with van der Waals surface area (Å²) in [6, 6.07) is 8.15. The number of nitrogens with zero attached hydrogens (tertiary/aromatic N) is 4. The summed E-state index contributed by atoms with van der Waals surface area (Å²) in [5, 5.41) is 15.4. The van der Waals surface area contributed by atoms with Gasteiger partial charge in [0.1, 0.15) is 5.69 Å². The van der Waals surface area contributed by atoms with Crippen molar-refractivity contribution in [2.24, 2.45) is 0 Å². The number of H-pyrrole nitrogens is 3. The first kappa shape index (κ1) is 17.8. The second kappa shape index (κ2) is 7.29. The summed E-state index contributed by atoms with van der Waals surface area (Å²) in [5.41, 5.74) is 8.62. The van der Waals surface area contributed by atoms with Crippen LogP contribution in [0.1, 0.15) is 16.8 Å². The Hall–Kier alpha value is -4.26. The van der Waals surface area contributed by atoms with E-state index in [1.807, 2.05) is 36.8 Å². The first-order valence-corrected chi connectivity index (χ1v) is 9.51. The number of aromatic nitrogens is 7. The lowest BCUT2D eigenvalue weighted by Crippen LogP contribution is -1.89. The van der Waals surface area contributed by atoms with Crippen LogP contribution in [-0.4, -0.2) is 35.3 Å². The van der Waals surface area contributed by atoms with Gasteiger partial charge in [-0.2, -0.15) is 10.2 Å². The first-order chi connectivity index (χ1) is 14.7. The number of hydrogen-bond donors (Lipinski definition) is 3. The maximum Gasteiger partial charge on any atom is 0.155 e. The molecule has 0 radical (unpaired) electrons. The standard InChI is InChI=1S/C23H19N7/c1-3-5-18(15-6-4-7-24-10-15)19-9-21(28-14(19)2)22-20-8-16(17-12-26-27-13-17)11-25-23(20)30-29-22/h3-13,28H,1H2,2H3,(H,26,27)(H,25,29,30)/b18-5-. The number of aromatic amines is 3. The van der Waals surface area contributed by atoms with Crippen LogP contribution in [0.2, 0.25) is 0 Å². The number of fused-ring (bicyclic) bond motifs is 1. The summed E-state index contributed by atoms with van der Waals surface area (Å²) in [6.45, 7) is 5.92. The van der Waals surface area contributed by atoms with Crippen molar-refractivity contribution in [2.45, 2.75) is 6.92 Å². The Kier molecular flexibility index (Phi) is 4.33. The van der Waals surface area contributed by atoms with E-state index in [0.29, 0.717) is 0 Å². The van der Waals surface area contributed by atoms with Gasteiger partial charge in [-0.05, 0) is 30.7 Å². The zero-order chi connectivity index (χ0) is 20.5. The monoisotopic (exact) mass is 393 g/mol. The van der Waals surface area contributed by atoms with Crippen LogP contribution in [0.4, 0.5) is 0 Å². The third-order valence-electron chi connectivity index (χ3n) is 5.07. The Morgan fingerprint density at radius 3 is 2.83 bits per heavy atom. The van der Waals surface area contributed by atoms with Gasteiger partial charge in [-0.15, -0.1) is 0 Å². The van der Waals surface area contributed by atoms with Gasteiger partial charge < -0.3 is 4.98 Å². The fraction of sp³-hybridized carbons (Fsp3) is 0.0435. The lowest BCUT2D eigenvalue weighted by atomic mass is 9.99. The van der Waals surface area contributed by atoms with E-state index >= 15 is 0 Å². The van der Waals surface area contributed by atoms with E-state index in [1.165, 1.54) is 0 Å². The summed E-state index contributed by atoms with van der Waals surface area (Å²) in [6.07, 6.45) is 12.8. The van der Waals surface area contributed by atoms with Gasteiger partial charge in [-0.25, -0.2) is 4.98 Å². The van der Waals surface area contributed by atoms with Crippen molar-refractivity contribution >= 4 is 16.6 Å². The Bertz CT molecular complexity index is 1360. The summed E-state index contributed by atoms with van der Waals surface area (Å²) >= 11 is 0. The fourth-order valence-corrected chi connectivity index (χ4v) is 3.62. The maximum absolute atomic E-state index is 4.53.